The van der Waals surface area contributed by atoms with Crippen molar-refractivity contribution in [3.05, 3.63) is 0 Å². The van der Waals surface area contributed by atoms with Gasteiger partial charge in [-0.05, 0) is 25.2 Å². The summed E-state index contributed by atoms with van der Waals surface area (Å²) in [6.07, 6.45) is -2.73. The summed E-state index contributed by atoms with van der Waals surface area (Å²) in [7, 11) is 0. The van der Waals surface area contributed by atoms with E-state index in [4.69, 9.17) is 0 Å². The van der Waals surface area contributed by atoms with Gasteiger partial charge in [-0.25, -0.2) is 0 Å². The third kappa shape index (κ3) is 2.14. The molecule has 3 atom stereocenters. The molecule has 2 heterocycles. The van der Waals surface area contributed by atoms with Gasteiger partial charge >= 0.3 is 6.36 Å². The molecular weight excluding hydrogens is 183 g/mol. The minimum absolute atomic E-state index is 0.0478. The van der Waals surface area contributed by atoms with Crippen LogP contribution in [0.3, 0.4) is 0 Å². The smallest absolute Gasteiger partial charge is 0.314 e. The van der Waals surface area contributed by atoms with Crippen molar-refractivity contribution in [2.24, 2.45) is 5.92 Å². The third-order valence-electron chi connectivity index (χ3n) is 2.88. The van der Waals surface area contributed by atoms with Crippen LogP contribution in [0.25, 0.3) is 0 Å². The Labute approximate surface area is 74.4 Å². The average molecular weight is 195 g/mol. The first-order valence-electron chi connectivity index (χ1n) is 4.52. The lowest BCUT2D eigenvalue weighted by molar-refractivity contribution is -0.353. The molecule has 2 bridgehead atoms. The second kappa shape index (κ2) is 3.13. The van der Waals surface area contributed by atoms with Crippen molar-refractivity contribution >= 4 is 0 Å². The fraction of sp³-hybridized carbons (Fsp3) is 1.00. The molecule has 0 amide bonds. The zero-order chi connectivity index (χ0) is 9.47. The number of nitrogens with one attached hydrogen (secondary N) is 1. The van der Waals surface area contributed by atoms with Gasteiger partial charge in [0.25, 0.3) is 0 Å². The molecule has 1 N–H and O–H groups in total. The van der Waals surface area contributed by atoms with E-state index in [-0.39, 0.29) is 12.0 Å². The van der Waals surface area contributed by atoms with E-state index < -0.39 is 12.5 Å². The van der Waals surface area contributed by atoms with Crippen LogP contribution in [0.5, 0.6) is 0 Å². The van der Waals surface area contributed by atoms with Crippen molar-refractivity contribution < 1.29 is 17.9 Å². The number of fused-ring (bicyclic) bond motifs is 3. The monoisotopic (exact) mass is 195 g/mol. The van der Waals surface area contributed by atoms with Gasteiger partial charge in [-0.15, -0.1) is 13.2 Å². The topological polar surface area (TPSA) is 21.3 Å². The van der Waals surface area contributed by atoms with Crippen molar-refractivity contribution in [1.29, 1.82) is 0 Å². The molecule has 1 aliphatic carbocycles. The van der Waals surface area contributed by atoms with Gasteiger partial charge in [0.15, 0.2) is 0 Å². The molecule has 0 radical (unpaired) electrons. The minimum atomic E-state index is -4.47. The molecule has 5 heteroatoms. The van der Waals surface area contributed by atoms with Crippen LogP contribution in [0.15, 0.2) is 0 Å². The van der Waals surface area contributed by atoms with Gasteiger partial charge in [0, 0.05) is 12.6 Å². The summed E-state index contributed by atoms with van der Waals surface area (Å²) in [5.41, 5.74) is 0. The number of piperidine rings is 2. The molecule has 13 heavy (non-hydrogen) atoms. The molecule has 76 valence electrons. The number of ether oxygens (including phenoxy) is 1. The first kappa shape index (κ1) is 9.27. The van der Waals surface area contributed by atoms with Crippen molar-refractivity contribution in [2.75, 3.05) is 6.54 Å². The molecule has 0 aromatic rings. The van der Waals surface area contributed by atoms with Crippen LogP contribution in [0.2, 0.25) is 0 Å². The minimum Gasteiger partial charge on any atom is -0.314 e. The number of rotatable bonds is 1. The fourth-order valence-electron chi connectivity index (χ4n) is 2.24. The van der Waals surface area contributed by atoms with E-state index in [1.807, 2.05) is 0 Å². The third-order valence-corrected chi connectivity index (χ3v) is 2.88. The van der Waals surface area contributed by atoms with Gasteiger partial charge in [-0.1, -0.05) is 0 Å². The number of alkyl halides is 3. The van der Waals surface area contributed by atoms with Crippen molar-refractivity contribution in [1.82, 2.24) is 5.32 Å². The highest BCUT2D eigenvalue weighted by molar-refractivity contribution is 4.91. The van der Waals surface area contributed by atoms with E-state index in [1.54, 1.807) is 0 Å². The maximum atomic E-state index is 11.9. The summed E-state index contributed by atoms with van der Waals surface area (Å²) in [5.74, 6) is 0.0478. The highest BCUT2D eigenvalue weighted by Crippen LogP contribution is 2.34. The Morgan fingerprint density at radius 1 is 1.23 bits per heavy atom. The molecule has 3 unspecified atom stereocenters. The van der Waals surface area contributed by atoms with Gasteiger partial charge in [0.1, 0.15) is 0 Å². The Morgan fingerprint density at radius 2 is 2.00 bits per heavy atom. The van der Waals surface area contributed by atoms with Crippen LogP contribution < -0.4 is 5.32 Å². The molecule has 0 aromatic heterocycles. The van der Waals surface area contributed by atoms with Crippen LogP contribution in [0.4, 0.5) is 13.2 Å². The van der Waals surface area contributed by atoms with Gasteiger partial charge in [0.2, 0.25) is 0 Å². The number of halogens is 3. The summed E-state index contributed by atoms with van der Waals surface area (Å²) in [6, 6.07) is 0.234. The predicted octanol–water partition coefficient (Wildman–Crippen LogP) is 1.66. The predicted molar refractivity (Wildman–Crippen MR) is 40.1 cm³/mol. The lowest BCUT2D eigenvalue weighted by Crippen LogP contribution is -2.53. The highest BCUT2D eigenvalue weighted by Gasteiger charge is 2.42. The Balaban J connectivity index is 1.94. The second-order valence-corrected chi connectivity index (χ2v) is 3.78. The Hall–Kier alpha value is -0.290. The van der Waals surface area contributed by atoms with Crippen LogP contribution in [0.1, 0.15) is 19.3 Å². The van der Waals surface area contributed by atoms with E-state index in [9.17, 15) is 13.2 Å². The normalized spacial score (nSPS) is 39.5. The van der Waals surface area contributed by atoms with E-state index in [2.05, 4.69) is 10.1 Å². The van der Waals surface area contributed by atoms with Crippen LogP contribution in [-0.2, 0) is 4.74 Å². The summed E-state index contributed by atoms with van der Waals surface area (Å²) in [4.78, 5) is 0. The van der Waals surface area contributed by atoms with Crippen molar-refractivity contribution in [2.45, 2.75) is 37.8 Å². The standard InChI is InChI=1S/C8H12F3NO/c9-8(10,11)13-7-3-6-2-1-5(7)4-12-6/h5-7,12H,1-4H2. The van der Waals surface area contributed by atoms with Crippen LogP contribution >= 0.6 is 0 Å². The Bertz CT molecular complexity index is 186. The highest BCUT2D eigenvalue weighted by atomic mass is 19.4. The van der Waals surface area contributed by atoms with Crippen LogP contribution in [0, 0.1) is 5.92 Å². The van der Waals surface area contributed by atoms with Gasteiger partial charge < -0.3 is 5.32 Å². The largest absolute Gasteiger partial charge is 0.522 e. The number of hydrogen-bond donors (Lipinski definition) is 1. The maximum absolute atomic E-state index is 11.9. The molecule has 3 rings (SSSR count). The first-order chi connectivity index (χ1) is 6.04. The Morgan fingerprint density at radius 3 is 2.38 bits per heavy atom. The van der Waals surface area contributed by atoms with E-state index in [1.165, 1.54) is 0 Å². The molecule has 2 aliphatic heterocycles. The second-order valence-electron chi connectivity index (χ2n) is 3.78. The molecule has 3 fully saturated rings. The van der Waals surface area contributed by atoms with E-state index in [0.717, 1.165) is 12.8 Å². The lowest BCUT2D eigenvalue weighted by atomic mass is 9.79. The lowest BCUT2D eigenvalue weighted by Gasteiger charge is -2.42. The molecule has 0 aromatic carbocycles. The number of hydrogen-bond acceptors (Lipinski definition) is 2. The molecule has 0 spiro atoms. The summed E-state index contributed by atoms with van der Waals surface area (Å²) in [6.45, 7) is 0.672. The van der Waals surface area contributed by atoms with Gasteiger partial charge in [0.05, 0.1) is 6.10 Å². The van der Waals surface area contributed by atoms with E-state index >= 15 is 0 Å². The quantitative estimate of drug-likeness (QED) is 0.687. The summed E-state index contributed by atoms with van der Waals surface area (Å²) >= 11 is 0. The SMILES string of the molecule is FC(F)(F)OC1CC2CCC1CN2. The van der Waals surface area contributed by atoms with Gasteiger partial charge in [-0.3, -0.25) is 4.74 Å². The molecule has 1 saturated carbocycles. The molecule has 2 saturated heterocycles. The Kier molecular flexibility index (Phi) is 2.23. The molecule has 3 aliphatic rings. The molecular formula is C8H12F3NO. The first-order valence-corrected chi connectivity index (χ1v) is 4.52. The molecule has 2 nitrogen and oxygen atoms in total. The summed E-state index contributed by atoms with van der Waals surface area (Å²) < 4.78 is 39.8. The van der Waals surface area contributed by atoms with Gasteiger partial charge in [-0.2, -0.15) is 0 Å². The fourth-order valence-corrected chi connectivity index (χ4v) is 2.24. The maximum Gasteiger partial charge on any atom is 0.522 e. The zero-order valence-electron chi connectivity index (χ0n) is 7.10. The average Bonchev–Trinajstić information content (AvgIpc) is 2.03. The summed E-state index contributed by atoms with van der Waals surface area (Å²) in [5, 5.41) is 3.19. The van der Waals surface area contributed by atoms with Crippen LogP contribution in [-0.4, -0.2) is 25.1 Å². The zero-order valence-corrected chi connectivity index (χ0v) is 7.10. The van der Waals surface area contributed by atoms with Crippen molar-refractivity contribution in [3.8, 4) is 0 Å². The van der Waals surface area contributed by atoms with Crippen molar-refractivity contribution in [3.63, 3.8) is 0 Å². The van der Waals surface area contributed by atoms with E-state index in [0.29, 0.717) is 13.0 Å².